The Balaban J connectivity index is 1.57. The van der Waals surface area contributed by atoms with E-state index in [4.69, 9.17) is 4.74 Å². The van der Waals surface area contributed by atoms with Gasteiger partial charge in [0.2, 0.25) is 5.91 Å². The van der Waals surface area contributed by atoms with Gasteiger partial charge in [-0.05, 0) is 63.4 Å². The Morgan fingerprint density at radius 3 is 2.55 bits per heavy atom. The van der Waals surface area contributed by atoms with E-state index in [-0.39, 0.29) is 24.5 Å². The van der Waals surface area contributed by atoms with Gasteiger partial charge in [-0.15, -0.1) is 0 Å². The smallest absolute Gasteiger partial charge is 0.253 e. The molecule has 1 aliphatic heterocycles. The second-order valence-corrected chi connectivity index (χ2v) is 7.50. The Kier molecular flexibility index (Phi) is 7.11. The van der Waals surface area contributed by atoms with Crippen LogP contribution in [0.1, 0.15) is 43.5 Å². The van der Waals surface area contributed by atoms with Gasteiger partial charge in [-0.3, -0.25) is 9.59 Å². The van der Waals surface area contributed by atoms with E-state index in [0.29, 0.717) is 17.0 Å². The van der Waals surface area contributed by atoms with Crippen molar-refractivity contribution in [1.82, 2.24) is 4.90 Å². The summed E-state index contributed by atoms with van der Waals surface area (Å²) in [6, 6.07) is 14.7. The van der Waals surface area contributed by atoms with Crippen LogP contribution in [0.2, 0.25) is 0 Å². The number of piperidine rings is 1. The zero-order valence-electron chi connectivity index (χ0n) is 17.1. The molecule has 1 fully saturated rings. The minimum Gasteiger partial charge on any atom is -0.489 e. The van der Waals surface area contributed by atoms with Crippen LogP contribution in [-0.2, 0) is 4.79 Å². The summed E-state index contributed by atoms with van der Waals surface area (Å²) in [6.45, 7) is 5.61. The van der Waals surface area contributed by atoms with Gasteiger partial charge in [0.15, 0.2) is 0 Å². The van der Waals surface area contributed by atoms with Crippen LogP contribution < -0.4 is 15.4 Å². The summed E-state index contributed by atoms with van der Waals surface area (Å²) in [5.41, 5.74) is 2.03. The molecule has 0 unspecified atom stereocenters. The topological polar surface area (TPSA) is 70.7 Å². The van der Waals surface area contributed by atoms with Crippen LogP contribution in [-0.4, -0.2) is 42.5 Å². The molecular weight excluding hydrogens is 366 g/mol. The van der Waals surface area contributed by atoms with Crippen LogP contribution >= 0.6 is 0 Å². The number of benzene rings is 2. The van der Waals surface area contributed by atoms with E-state index in [1.54, 1.807) is 6.07 Å². The van der Waals surface area contributed by atoms with Gasteiger partial charge in [0.1, 0.15) is 5.75 Å². The van der Waals surface area contributed by atoms with Crippen LogP contribution in [0, 0.1) is 0 Å². The molecule has 0 atom stereocenters. The minimum atomic E-state index is -0.183. The first-order chi connectivity index (χ1) is 14.0. The van der Waals surface area contributed by atoms with Gasteiger partial charge in [0.25, 0.3) is 5.91 Å². The molecule has 0 spiro atoms. The molecular formula is C23H29N3O3. The largest absolute Gasteiger partial charge is 0.489 e. The Morgan fingerprint density at radius 1 is 1.03 bits per heavy atom. The van der Waals surface area contributed by atoms with Gasteiger partial charge in [-0.25, -0.2) is 0 Å². The molecule has 1 saturated heterocycles. The van der Waals surface area contributed by atoms with E-state index >= 15 is 0 Å². The van der Waals surface area contributed by atoms with Crippen molar-refractivity contribution in [2.75, 3.05) is 30.3 Å². The van der Waals surface area contributed by atoms with E-state index in [0.717, 1.165) is 31.6 Å². The van der Waals surface area contributed by atoms with E-state index in [1.807, 2.05) is 61.2 Å². The molecule has 6 heteroatoms. The minimum absolute atomic E-state index is 0.0198. The standard InChI is InChI=1S/C23H29N3O3/c1-17(2)29-21-12-5-4-11-20(21)25-22(27)16-24-19-10-8-9-18(15-19)23(28)26-13-6-3-7-14-26/h4-5,8-12,15,17,24H,3,6-7,13-14,16H2,1-2H3,(H,25,27). The third-order valence-corrected chi connectivity index (χ3v) is 4.73. The van der Waals surface area contributed by atoms with Crippen molar-refractivity contribution in [1.29, 1.82) is 0 Å². The van der Waals surface area contributed by atoms with Crippen molar-refractivity contribution < 1.29 is 14.3 Å². The fourth-order valence-corrected chi connectivity index (χ4v) is 3.35. The summed E-state index contributed by atoms with van der Waals surface area (Å²) in [5.74, 6) is 0.514. The summed E-state index contributed by atoms with van der Waals surface area (Å²) >= 11 is 0. The number of ether oxygens (including phenoxy) is 1. The Hall–Kier alpha value is -3.02. The van der Waals surface area contributed by atoms with Gasteiger partial charge >= 0.3 is 0 Å². The Bertz CT molecular complexity index is 845. The second-order valence-electron chi connectivity index (χ2n) is 7.50. The fourth-order valence-electron chi connectivity index (χ4n) is 3.35. The lowest BCUT2D eigenvalue weighted by atomic mass is 10.1. The molecule has 154 valence electrons. The maximum Gasteiger partial charge on any atom is 0.253 e. The number of rotatable bonds is 7. The highest BCUT2D eigenvalue weighted by Gasteiger charge is 2.18. The highest BCUT2D eigenvalue weighted by atomic mass is 16.5. The number of nitrogens with one attached hydrogen (secondary N) is 2. The SMILES string of the molecule is CC(C)Oc1ccccc1NC(=O)CNc1cccc(C(=O)N2CCCCC2)c1. The number of hydrogen-bond donors (Lipinski definition) is 2. The fraction of sp³-hybridized carbons (Fsp3) is 0.391. The molecule has 0 radical (unpaired) electrons. The molecule has 29 heavy (non-hydrogen) atoms. The predicted molar refractivity (Wildman–Crippen MR) is 116 cm³/mol. The first-order valence-corrected chi connectivity index (χ1v) is 10.2. The summed E-state index contributed by atoms with van der Waals surface area (Å²) in [7, 11) is 0. The van der Waals surface area contributed by atoms with Gasteiger partial charge < -0.3 is 20.3 Å². The van der Waals surface area contributed by atoms with Crippen molar-refractivity contribution >= 4 is 23.2 Å². The van der Waals surface area contributed by atoms with Crippen LogP contribution in [0.25, 0.3) is 0 Å². The summed E-state index contributed by atoms with van der Waals surface area (Å²) < 4.78 is 5.73. The molecule has 1 aliphatic rings. The average molecular weight is 396 g/mol. The number of hydrogen-bond acceptors (Lipinski definition) is 4. The van der Waals surface area contributed by atoms with Crippen LogP contribution in [0.3, 0.4) is 0 Å². The maximum atomic E-state index is 12.7. The maximum absolute atomic E-state index is 12.7. The average Bonchev–Trinajstić information content (AvgIpc) is 2.73. The first kappa shape index (κ1) is 20.7. The molecule has 0 saturated carbocycles. The molecule has 6 nitrogen and oxygen atoms in total. The molecule has 0 aliphatic carbocycles. The molecule has 0 bridgehead atoms. The Labute approximate surface area is 172 Å². The lowest BCUT2D eigenvalue weighted by Gasteiger charge is -2.26. The Morgan fingerprint density at radius 2 is 1.79 bits per heavy atom. The van der Waals surface area contributed by atoms with Crippen molar-refractivity contribution in [3.63, 3.8) is 0 Å². The van der Waals surface area contributed by atoms with Crippen molar-refractivity contribution in [2.24, 2.45) is 0 Å². The van der Waals surface area contributed by atoms with Crippen molar-refractivity contribution in [2.45, 2.75) is 39.2 Å². The summed E-state index contributed by atoms with van der Waals surface area (Å²) in [5, 5.41) is 5.97. The quantitative estimate of drug-likeness (QED) is 0.739. The molecule has 0 aromatic heterocycles. The third-order valence-electron chi connectivity index (χ3n) is 4.73. The number of carbonyl (C=O) groups excluding carboxylic acids is 2. The number of likely N-dealkylation sites (tertiary alicyclic amines) is 1. The number of para-hydroxylation sites is 2. The number of amides is 2. The monoisotopic (exact) mass is 395 g/mol. The molecule has 1 heterocycles. The van der Waals surface area contributed by atoms with Crippen LogP contribution in [0.4, 0.5) is 11.4 Å². The van der Waals surface area contributed by atoms with Crippen molar-refractivity contribution in [3.8, 4) is 5.75 Å². The summed E-state index contributed by atoms with van der Waals surface area (Å²) in [6.07, 6.45) is 3.33. The predicted octanol–water partition coefficient (Wildman–Crippen LogP) is 4.15. The lowest BCUT2D eigenvalue weighted by molar-refractivity contribution is -0.114. The van der Waals surface area contributed by atoms with Crippen LogP contribution in [0.15, 0.2) is 48.5 Å². The lowest BCUT2D eigenvalue weighted by Crippen LogP contribution is -2.35. The highest BCUT2D eigenvalue weighted by Crippen LogP contribution is 2.24. The zero-order chi connectivity index (χ0) is 20.6. The molecule has 2 aromatic rings. The van der Waals surface area contributed by atoms with E-state index in [9.17, 15) is 9.59 Å². The van der Waals surface area contributed by atoms with E-state index in [1.165, 1.54) is 6.42 Å². The molecule has 2 aromatic carbocycles. The molecule has 2 N–H and O–H groups in total. The normalized spacial score (nSPS) is 13.8. The van der Waals surface area contributed by atoms with E-state index in [2.05, 4.69) is 10.6 Å². The molecule has 3 rings (SSSR count). The number of anilines is 2. The first-order valence-electron chi connectivity index (χ1n) is 10.2. The van der Waals surface area contributed by atoms with E-state index < -0.39 is 0 Å². The third kappa shape index (κ3) is 5.98. The van der Waals surface area contributed by atoms with Gasteiger partial charge in [-0.2, -0.15) is 0 Å². The van der Waals surface area contributed by atoms with Crippen molar-refractivity contribution in [3.05, 3.63) is 54.1 Å². The highest BCUT2D eigenvalue weighted by molar-refractivity contribution is 5.96. The summed E-state index contributed by atoms with van der Waals surface area (Å²) in [4.78, 5) is 27.0. The number of carbonyl (C=O) groups is 2. The van der Waals surface area contributed by atoms with Gasteiger partial charge in [0.05, 0.1) is 18.3 Å². The molecule has 2 amide bonds. The number of nitrogens with zero attached hydrogens (tertiary/aromatic N) is 1. The second kappa shape index (κ2) is 9.96. The van der Waals surface area contributed by atoms with Gasteiger partial charge in [0, 0.05) is 24.3 Å². The zero-order valence-corrected chi connectivity index (χ0v) is 17.1. The van der Waals surface area contributed by atoms with Gasteiger partial charge in [-0.1, -0.05) is 18.2 Å². The van der Waals surface area contributed by atoms with Crippen LogP contribution in [0.5, 0.6) is 5.75 Å².